The van der Waals surface area contributed by atoms with Crippen LogP contribution in [0, 0.1) is 0 Å². The van der Waals surface area contributed by atoms with Gasteiger partial charge in [0.1, 0.15) is 17.9 Å². The zero-order valence-electron chi connectivity index (χ0n) is 17.1. The van der Waals surface area contributed by atoms with Crippen LogP contribution in [-0.4, -0.2) is 34.6 Å². The number of fused-ring (bicyclic) bond motifs is 1. The molecule has 1 atom stereocenters. The largest absolute Gasteiger partial charge is 0.487 e. The molecule has 0 spiro atoms. The van der Waals surface area contributed by atoms with Crippen molar-refractivity contribution in [2.75, 3.05) is 7.11 Å². The van der Waals surface area contributed by atoms with Crippen LogP contribution in [0.4, 0.5) is 0 Å². The van der Waals surface area contributed by atoms with Crippen LogP contribution in [0.1, 0.15) is 36.2 Å². The molecule has 0 bridgehead atoms. The average molecular weight is 408 g/mol. The maximum atomic E-state index is 13.0. The van der Waals surface area contributed by atoms with E-state index in [0.717, 1.165) is 16.3 Å². The number of carbonyl (C=O) groups is 2. The second kappa shape index (κ2) is 8.82. The van der Waals surface area contributed by atoms with Crippen LogP contribution < -0.4 is 14.8 Å². The van der Waals surface area contributed by atoms with Gasteiger partial charge in [-0.25, -0.2) is 9.78 Å². The fourth-order valence-corrected chi connectivity index (χ4v) is 2.96. The molecule has 2 N–H and O–H groups in total. The lowest BCUT2D eigenvalue weighted by atomic mass is 9.97. The second-order valence-corrected chi connectivity index (χ2v) is 7.11. The summed E-state index contributed by atoms with van der Waals surface area (Å²) in [5.74, 6) is -0.706. The minimum atomic E-state index is -1.38. The number of ether oxygens (including phenoxy) is 2. The number of benzene rings is 2. The first-order chi connectivity index (χ1) is 14.4. The summed E-state index contributed by atoms with van der Waals surface area (Å²) in [7, 11) is 1.54. The topological polar surface area (TPSA) is 97.8 Å². The van der Waals surface area contributed by atoms with Crippen molar-refractivity contribution in [1.82, 2.24) is 10.3 Å². The van der Waals surface area contributed by atoms with Crippen LogP contribution in [-0.2, 0) is 11.4 Å². The monoisotopic (exact) mass is 408 g/mol. The van der Waals surface area contributed by atoms with Crippen molar-refractivity contribution in [2.45, 2.75) is 32.4 Å². The molecule has 1 amide bonds. The highest BCUT2D eigenvalue weighted by atomic mass is 16.5. The van der Waals surface area contributed by atoms with Gasteiger partial charge in [0.05, 0.1) is 12.7 Å². The molecule has 0 saturated carbocycles. The average Bonchev–Trinajstić information content (AvgIpc) is 2.77. The number of carboxylic acids is 1. The van der Waals surface area contributed by atoms with E-state index >= 15 is 0 Å². The Kier molecular flexibility index (Phi) is 6.20. The molecule has 3 rings (SSSR count). The Morgan fingerprint density at radius 2 is 1.90 bits per heavy atom. The molecule has 30 heavy (non-hydrogen) atoms. The minimum Gasteiger partial charge on any atom is -0.487 e. The summed E-state index contributed by atoms with van der Waals surface area (Å²) in [4.78, 5) is 28.8. The standard InChI is InChI=1S/C23H24N2O5/c1-4-23(2,22(27)28)25-21(26)18-11-10-16-7-5-6-8-17(16)20(18)30-14-15-9-12-19(29-3)24-13-15/h5-13H,4,14H2,1-3H3,(H,25,26)(H,27,28). The second-order valence-electron chi connectivity index (χ2n) is 7.11. The van der Waals surface area contributed by atoms with E-state index in [1.54, 1.807) is 32.4 Å². The maximum absolute atomic E-state index is 13.0. The Morgan fingerprint density at radius 3 is 2.53 bits per heavy atom. The van der Waals surface area contributed by atoms with Crippen LogP contribution in [0.15, 0.2) is 54.7 Å². The highest BCUT2D eigenvalue weighted by molar-refractivity contribution is 6.05. The van der Waals surface area contributed by atoms with E-state index in [4.69, 9.17) is 9.47 Å². The highest BCUT2D eigenvalue weighted by Gasteiger charge is 2.34. The first-order valence-electron chi connectivity index (χ1n) is 9.57. The van der Waals surface area contributed by atoms with Gasteiger partial charge in [0.15, 0.2) is 0 Å². The van der Waals surface area contributed by atoms with Crippen molar-refractivity contribution in [2.24, 2.45) is 0 Å². The molecule has 0 aliphatic rings. The summed E-state index contributed by atoms with van der Waals surface area (Å²) >= 11 is 0. The fourth-order valence-electron chi connectivity index (χ4n) is 2.96. The number of nitrogens with one attached hydrogen (secondary N) is 1. The number of carboxylic acid groups (broad SMARTS) is 1. The third-order valence-electron chi connectivity index (χ3n) is 5.08. The number of methoxy groups -OCH3 is 1. The van der Waals surface area contributed by atoms with Gasteiger partial charge in [0.25, 0.3) is 5.91 Å². The van der Waals surface area contributed by atoms with Crippen molar-refractivity contribution in [1.29, 1.82) is 0 Å². The number of rotatable bonds is 8. The molecule has 7 nitrogen and oxygen atoms in total. The molecule has 156 valence electrons. The van der Waals surface area contributed by atoms with E-state index in [0.29, 0.717) is 11.6 Å². The number of amides is 1. The predicted molar refractivity (Wildman–Crippen MR) is 113 cm³/mol. The molecule has 0 fully saturated rings. The lowest BCUT2D eigenvalue weighted by Crippen LogP contribution is -2.51. The quantitative estimate of drug-likeness (QED) is 0.588. The summed E-state index contributed by atoms with van der Waals surface area (Å²) in [6.07, 6.45) is 1.89. The number of nitrogens with zero attached hydrogens (tertiary/aromatic N) is 1. The number of carbonyl (C=O) groups excluding carboxylic acids is 1. The summed E-state index contributed by atoms with van der Waals surface area (Å²) in [5.41, 5.74) is -0.296. The number of pyridine rings is 1. The Bertz CT molecular complexity index is 1060. The molecule has 0 aliphatic carbocycles. The Balaban J connectivity index is 1.95. The summed E-state index contributed by atoms with van der Waals surface area (Å²) in [6, 6.07) is 14.6. The van der Waals surface area contributed by atoms with Gasteiger partial charge in [-0.1, -0.05) is 37.3 Å². The lowest BCUT2D eigenvalue weighted by Gasteiger charge is -2.25. The third-order valence-corrected chi connectivity index (χ3v) is 5.08. The van der Waals surface area contributed by atoms with E-state index in [-0.39, 0.29) is 18.6 Å². The van der Waals surface area contributed by atoms with Gasteiger partial charge in [0, 0.05) is 23.2 Å². The van der Waals surface area contributed by atoms with Gasteiger partial charge in [-0.05, 0) is 30.9 Å². The van der Waals surface area contributed by atoms with Gasteiger partial charge in [-0.2, -0.15) is 0 Å². The van der Waals surface area contributed by atoms with E-state index in [9.17, 15) is 14.7 Å². The molecule has 1 aromatic heterocycles. The lowest BCUT2D eigenvalue weighted by molar-refractivity contribution is -0.143. The van der Waals surface area contributed by atoms with Gasteiger partial charge in [0.2, 0.25) is 5.88 Å². The van der Waals surface area contributed by atoms with Crippen molar-refractivity contribution in [3.8, 4) is 11.6 Å². The number of hydrogen-bond donors (Lipinski definition) is 2. The highest BCUT2D eigenvalue weighted by Crippen LogP contribution is 2.31. The molecule has 0 aliphatic heterocycles. The molecule has 2 aromatic carbocycles. The van der Waals surface area contributed by atoms with Crippen molar-refractivity contribution in [3.05, 3.63) is 65.9 Å². The number of aliphatic carboxylic acids is 1. The smallest absolute Gasteiger partial charge is 0.329 e. The molecule has 0 radical (unpaired) electrons. The third kappa shape index (κ3) is 4.35. The first kappa shape index (κ1) is 21.1. The summed E-state index contributed by atoms with van der Waals surface area (Å²) in [5, 5.41) is 13.8. The summed E-state index contributed by atoms with van der Waals surface area (Å²) in [6.45, 7) is 3.38. The van der Waals surface area contributed by atoms with Gasteiger partial charge in [-0.15, -0.1) is 0 Å². The summed E-state index contributed by atoms with van der Waals surface area (Å²) < 4.78 is 11.1. The Labute approximate surface area is 174 Å². The van der Waals surface area contributed by atoms with Gasteiger partial charge < -0.3 is 19.9 Å². The molecule has 1 unspecified atom stereocenters. The van der Waals surface area contributed by atoms with E-state index < -0.39 is 17.4 Å². The number of aromatic nitrogens is 1. The molecule has 7 heteroatoms. The molecular weight excluding hydrogens is 384 g/mol. The Morgan fingerprint density at radius 1 is 1.13 bits per heavy atom. The van der Waals surface area contributed by atoms with Crippen molar-refractivity contribution >= 4 is 22.6 Å². The van der Waals surface area contributed by atoms with Gasteiger partial charge >= 0.3 is 5.97 Å². The van der Waals surface area contributed by atoms with Crippen LogP contribution in [0.2, 0.25) is 0 Å². The SMILES string of the molecule is CCC(C)(NC(=O)c1ccc2ccccc2c1OCc1ccc(OC)nc1)C(=O)O. The van der Waals surface area contributed by atoms with E-state index in [1.807, 2.05) is 36.4 Å². The van der Waals surface area contributed by atoms with Crippen LogP contribution in [0.5, 0.6) is 11.6 Å². The normalized spacial score (nSPS) is 12.8. The van der Waals surface area contributed by atoms with Gasteiger partial charge in [-0.3, -0.25) is 4.79 Å². The van der Waals surface area contributed by atoms with Crippen LogP contribution >= 0.6 is 0 Å². The zero-order valence-corrected chi connectivity index (χ0v) is 17.1. The van der Waals surface area contributed by atoms with E-state index in [1.165, 1.54) is 6.92 Å². The molecular formula is C23H24N2O5. The van der Waals surface area contributed by atoms with E-state index in [2.05, 4.69) is 10.3 Å². The van der Waals surface area contributed by atoms with Crippen LogP contribution in [0.3, 0.4) is 0 Å². The first-order valence-corrected chi connectivity index (χ1v) is 9.57. The van der Waals surface area contributed by atoms with Crippen molar-refractivity contribution in [3.63, 3.8) is 0 Å². The number of hydrogen-bond acceptors (Lipinski definition) is 5. The van der Waals surface area contributed by atoms with Crippen molar-refractivity contribution < 1.29 is 24.2 Å². The predicted octanol–water partition coefficient (Wildman–Crippen LogP) is 3.81. The fraction of sp³-hybridized carbons (Fsp3) is 0.261. The maximum Gasteiger partial charge on any atom is 0.329 e. The molecule has 3 aromatic rings. The zero-order chi connectivity index (χ0) is 21.7. The Hall–Kier alpha value is -3.61. The van der Waals surface area contributed by atoms with Crippen LogP contribution in [0.25, 0.3) is 10.8 Å². The molecule has 1 heterocycles. The molecule has 0 saturated heterocycles. The minimum absolute atomic E-state index is 0.190.